The first-order valence-electron chi connectivity index (χ1n) is 11.8. The van der Waals surface area contributed by atoms with Crippen molar-refractivity contribution in [3.63, 3.8) is 0 Å². The third kappa shape index (κ3) is 4.81. The van der Waals surface area contributed by atoms with E-state index < -0.39 is 5.67 Å². The Kier molecular flexibility index (Phi) is 6.47. The molecule has 1 saturated heterocycles. The molecular formula is C26H31BrFN3O2. The van der Waals surface area contributed by atoms with E-state index in [-0.39, 0.29) is 12.3 Å². The summed E-state index contributed by atoms with van der Waals surface area (Å²) in [5, 5.41) is 0. The van der Waals surface area contributed by atoms with E-state index in [1.807, 2.05) is 24.4 Å². The van der Waals surface area contributed by atoms with Crippen molar-refractivity contribution >= 4 is 27.8 Å². The first-order valence-corrected chi connectivity index (χ1v) is 12.6. The van der Waals surface area contributed by atoms with Crippen molar-refractivity contribution in [2.24, 2.45) is 4.99 Å². The fraction of sp³-hybridized carbons (Fsp3) is 0.500. The van der Waals surface area contributed by atoms with Gasteiger partial charge in [-0.05, 0) is 67.9 Å². The highest BCUT2D eigenvalue weighted by molar-refractivity contribution is 9.10. The number of halogens is 2. The third-order valence-electron chi connectivity index (χ3n) is 7.03. The van der Waals surface area contributed by atoms with Gasteiger partial charge in [0.05, 0.1) is 13.2 Å². The van der Waals surface area contributed by atoms with Crippen LogP contribution in [0.4, 0.5) is 10.1 Å². The molecule has 2 atom stereocenters. The van der Waals surface area contributed by atoms with Crippen LogP contribution in [0.15, 0.2) is 39.8 Å². The van der Waals surface area contributed by atoms with Crippen LogP contribution in [-0.4, -0.2) is 49.8 Å². The first-order chi connectivity index (χ1) is 16.0. The number of hydrogen-bond donors (Lipinski definition) is 1. The highest BCUT2D eigenvalue weighted by atomic mass is 79.9. The number of ether oxygens (including phenoxy) is 2. The molecule has 5 rings (SSSR count). The maximum absolute atomic E-state index is 14.9. The van der Waals surface area contributed by atoms with Crippen molar-refractivity contribution in [2.75, 3.05) is 32.5 Å². The molecule has 33 heavy (non-hydrogen) atoms. The Morgan fingerprint density at radius 3 is 2.82 bits per heavy atom. The Balaban J connectivity index is 1.57. The van der Waals surface area contributed by atoms with Crippen LogP contribution < -0.4 is 10.5 Å². The first kappa shape index (κ1) is 22.8. The number of anilines is 1. The molecule has 2 N–H and O–H groups in total. The highest BCUT2D eigenvalue weighted by Gasteiger charge is 2.47. The summed E-state index contributed by atoms with van der Waals surface area (Å²) in [7, 11) is 1.68. The quantitative estimate of drug-likeness (QED) is 0.411. The van der Waals surface area contributed by atoms with Gasteiger partial charge < -0.3 is 15.2 Å². The zero-order valence-corrected chi connectivity index (χ0v) is 20.6. The zero-order valence-electron chi connectivity index (χ0n) is 19.0. The normalized spacial score (nSPS) is 24.6. The standard InChI is InChI=1S/C26H31BrFN3O2/c1-32-23-14-17(27)5-6-20(23)25-19-7-8-22(29)21(15-30-24-4-2-3-13-33-24)18(19)9-12-31(25)16-26(28)10-11-26/h5-8,14-15,24-25H,2-4,9-13,16,29H2,1H3. The number of hydrogen-bond acceptors (Lipinski definition) is 5. The number of alkyl halides is 1. The molecule has 1 aliphatic carbocycles. The van der Waals surface area contributed by atoms with Crippen molar-refractivity contribution in [3.05, 3.63) is 57.1 Å². The van der Waals surface area contributed by atoms with Crippen LogP contribution >= 0.6 is 15.9 Å². The summed E-state index contributed by atoms with van der Waals surface area (Å²) < 4.78 is 27.4. The zero-order chi connectivity index (χ0) is 23.0. The fourth-order valence-electron chi connectivity index (χ4n) is 5.07. The summed E-state index contributed by atoms with van der Waals surface area (Å²) in [6.07, 6.45) is 7.05. The van der Waals surface area contributed by atoms with Crippen LogP contribution in [0.25, 0.3) is 0 Å². The number of methoxy groups -OCH3 is 1. The van der Waals surface area contributed by atoms with E-state index in [0.29, 0.717) is 25.1 Å². The summed E-state index contributed by atoms with van der Waals surface area (Å²) in [5.74, 6) is 0.790. The predicted molar refractivity (Wildman–Crippen MR) is 133 cm³/mol. The van der Waals surface area contributed by atoms with E-state index in [1.165, 1.54) is 5.56 Å². The second-order valence-electron chi connectivity index (χ2n) is 9.40. The van der Waals surface area contributed by atoms with Gasteiger partial charge in [-0.3, -0.25) is 9.89 Å². The van der Waals surface area contributed by atoms with Gasteiger partial charge in [0.1, 0.15) is 17.6 Å². The molecule has 2 aromatic carbocycles. The van der Waals surface area contributed by atoms with E-state index in [1.54, 1.807) is 7.11 Å². The summed E-state index contributed by atoms with van der Waals surface area (Å²) in [4.78, 5) is 6.99. The minimum atomic E-state index is -1.07. The Morgan fingerprint density at radius 1 is 1.27 bits per heavy atom. The molecule has 0 radical (unpaired) electrons. The Labute approximate surface area is 203 Å². The maximum atomic E-state index is 14.9. The second kappa shape index (κ2) is 9.35. The summed E-state index contributed by atoms with van der Waals surface area (Å²) in [6, 6.07) is 10.0. The number of aliphatic imine (C=N–C) groups is 1. The molecule has 0 spiro atoms. The van der Waals surface area contributed by atoms with Crippen LogP contribution in [0.1, 0.15) is 60.4 Å². The molecule has 3 aliphatic rings. The number of rotatable bonds is 6. The maximum Gasteiger partial charge on any atom is 0.148 e. The van der Waals surface area contributed by atoms with Crippen molar-refractivity contribution in [2.45, 2.75) is 56.5 Å². The van der Waals surface area contributed by atoms with E-state index in [9.17, 15) is 4.39 Å². The lowest BCUT2D eigenvalue weighted by molar-refractivity contribution is 0.0227. The van der Waals surface area contributed by atoms with E-state index >= 15 is 0 Å². The molecule has 2 fully saturated rings. The average Bonchev–Trinajstić information content (AvgIpc) is 3.55. The van der Waals surface area contributed by atoms with Crippen LogP contribution in [0, 0.1) is 0 Å². The van der Waals surface area contributed by atoms with E-state index in [2.05, 4.69) is 33.0 Å². The summed E-state index contributed by atoms with van der Waals surface area (Å²) in [6.45, 7) is 1.95. The smallest absolute Gasteiger partial charge is 0.148 e. The average molecular weight is 516 g/mol. The Morgan fingerprint density at radius 2 is 2.09 bits per heavy atom. The number of benzene rings is 2. The van der Waals surface area contributed by atoms with Gasteiger partial charge in [0.25, 0.3) is 0 Å². The molecule has 5 nitrogen and oxygen atoms in total. The summed E-state index contributed by atoms with van der Waals surface area (Å²) >= 11 is 3.55. The van der Waals surface area contributed by atoms with E-state index in [4.69, 9.17) is 20.2 Å². The molecule has 2 aliphatic heterocycles. The van der Waals surface area contributed by atoms with Gasteiger partial charge in [-0.15, -0.1) is 0 Å². The molecule has 0 amide bonds. The largest absolute Gasteiger partial charge is 0.496 e. The lowest BCUT2D eigenvalue weighted by Crippen LogP contribution is -2.41. The van der Waals surface area contributed by atoms with Gasteiger partial charge in [0.15, 0.2) is 0 Å². The number of nitrogens with two attached hydrogens (primary N) is 1. The second-order valence-corrected chi connectivity index (χ2v) is 10.3. The molecule has 0 bridgehead atoms. The lowest BCUT2D eigenvalue weighted by Gasteiger charge is -2.39. The van der Waals surface area contributed by atoms with Gasteiger partial charge in [0.2, 0.25) is 0 Å². The minimum Gasteiger partial charge on any atom is -0.496 e. The molecule has 1 saturated carbocycles. The van der Waals surface area contributed by atoms with Crippen molar-refractivity contribution in [1.82, 2.24) is 4.90 Å². The lowest BCUT2D eigenvalue weighted by atomic mass is 9.84. The Bertz CT molecular complexity index is 1050. The van der Waals surface area contributed by atoms with Crippen LogP contribution in [0.3, 0.4) is 0 Å². The highest BCUT2D eigenvalue weighted by Crippen LogP contribution is 2.46. The van der Waals surface area contributed by atoms with Crippen molar-refractivity contribution < 1.29 is 13.9 Å². The molecule has 0 aromatic heterocycles. The number of nitrogen functional groups attached to an aromatic ring is 1. The Hall–Kier alpha value is -1.96. The molecule has 2 unspecified atom stereocenters. The SMILES string of the molecule is COc1cc(Br)ccc1C1c2ccc(N)c(C=NC3CCCCO3)c2CCN1CC1(F)CC1. The van der Waals surface area contributed by atoms with Gasteiger partial charge in [0, 0.05) is 47.2 Å². The minimum absolute atomic E-state index is 0.0993. The van der Waals surface area contributed by atoms with E-state index in [0.717, 1.165) is 65.7 Å². The third-order valence-corrected chi connectivity index (χ3v) is 7.52. The van der Waals surface area contributed by atoms with Crippen LogP contribution in [0.2, 0.25) is 0 Å². The summed E-state index contributed by atoms with van der Waals surface area (Å²) in [5.41, 5.74) is 10.4. The van der Waals surface area contributed by atoms with Crippen LogP contribution in [0.5, 0.6) is 5.75 Å². The molecule has 2 heterocycles. The van der Waals surface area contributed by atoms with Crippen LogP contribution in [-0.2, 0) is 11.2 Å². The topological polar surface area (TPSA) is 60.1 Å². The van der Waals surface area contributed by atoms with Gasteiger partial charge >= 0.3 is 0 Å². The van der Waals surface area contributed by atoms with Gasteiger partial charge in [-0.2, -0.15) is 0 Å². The molecule has 176 valence electrons. The predicted octanol–water partition coefficient (Wildman–Crippen LogP) is 5.44. The number of nitrogens with zero attached hydrogens (tertiary/aromatic N) is 2. The van der Waals surface area contributed by atoms with Crippen molar-refractivity contribution in [1.29, 1.82) is 0 Å². The molecular weight excluding hydrogens is 485 g/mol. The fourth-order valence-corrected chi connectivity index (χ4v) is 5.41. The van der Waals surface area contributed by atoms with Gasteiger partial charge in [-0.25, -0.2) is 4.39 Å². The molecule has 2 aromatic rings. The molecule has 7 heteroatoms. The monoisotopic (exact) mass is 515 g/mol. The number of fused-ring (bicyclic) bond motifs is 1. The van der Waals surface area contributed by atoms with Crippen molar-refractivity contribution in [3.8, 4) is 5.75 Å². The van der Waals surface area contributed by atoms with Gasteiger partial charge in [-0.1, -0.05) is 28.1 Å².